The average molecular weight is 403 g/mol. The molecule has 5 heterocycles. The van der Waals surface area contributed by atoms with Crippen LogP contribution in [0.25, 0.3) is 34.3 Å². The van der Waals surface area contributed by atoms with Gasteiger partial charge >= 0.3 is 0 Å². The number of hydroxylamine groups is 1. The standard InChI is InChI=1S/C25H13N3O3/c29-20-5-1-4-18-23(20)22-17-11-26-10-16(17)21-15-7-6-13-9-19(15)28(30)12-14(31-13)3-2-8-27(18)24(22)25(21)28/h1-7,9-12H,8H2/b3-2-. The molecule has 2 aromatic carbocycles. The van der Waals surface area contributed by atoms with Crippen molar-refractivity contribution >= 4 is 46.6 Å². The monoisotopic (exact) mass is 403 g/mol. The molecule has 0 spiro atoms. The van der Waals surface area contributed by atoms with E-state index in [1.807, 2.05) is 48.8 Å². The Labute approximate surface area is 175 Å². The molecule has 0 radical (unpaired) electrons. The Kier molecular flexibility index (Phi) is 2.46. The maximum Gasteiger partial charge on any atom is 0.188 e. The SMILES string of the molecule is O=C1C=CC=c2c1c1c3c(c4c5c1n2C/C=C\C1=C[N+]5([O-])c2cc(ccc2-4)O1)C=NC=3. The number of nitrogens with zero attached hydrogens (tertiary/aromatic N) is 3. The molecule has 5 aliphatic rings. The van der Waals surface area contributed by atoms with Gasteiger partial charge in [0.2, 0.25) is 0 Å². The second-order valence-corrected chi connectivity index (χ2v) is 8.32. The lowest BCUT2D eigenvalue weighted by molar-refractivity contribution is 0.104. The molecule has 4 aliphatic heterocycles. The number of carbonyl (C=O) groups is 1. The van der Waals surface area contributed by atoms with Crippen molar-refractivity contribution in [3.8, 4) is 16.9 Å². The van der Waals surface area contributed by atoms with Crippen LogP contribution in [0, 0.1) is 5.21 Å². The number of ketones is 1. The molecule has 0 saturated carbocycles. The number of hydrogen-bond acceptors (Lipinski definition) is 4. The molecule has 8 rings (SSSR count). The minimum absolute atomic E-state index is 0.0459. The van der Waals surface area contributed by atoms with Crippen LogP contribution in [0.15, 0.2) is 59.5 Å². The van der Waals surface area contributed by atoms with E-state index in [9.17, 15) is 10.0 Å². The molecule has 0 amide bonds. The van der Waals surface area contributed by atoms with Crippen molar-refractivity contribution in [2.75, 3.05) is 0 Å². The fourth-order valence-corrected chi connectivity index (χ4v) is 5.64. The van der Waals surface area contributed by atoms with Gasteiger partial charge in [-0.15, -0.1) is 0 Å². The summed E-state index contributed by atoms with van der Waals surface area (Å²) in [5, 5.41) is 17.2. The Bertz CT molecular complexity index is 1720. The summed E-state index contributed by atoms with van der Waals surface area (Å²) in [5.41, 5.74) is 5.39. The van der Waals surface area contributed by atoms with E-state index >= 15 is 0 Å². The first-order valence-corrected chi connectivity index (χ1v) is 10.2. The van der Waals surface area contributed by atoms with Crippen LogP contribution in [-0.2, 0) is 6.54 Å². The zero-order valence-electron chi connectivity index (χ0n) is 16.1. The minimum atomic E-state index is -0.750. The number of aliphatic imine (C=N–C) groups is 1. The number of fused-ring (bicyclic) bond motifs is 8. The number of benzene rings is 2. The van der Waals surface area contributed by atoms with Crippen LogP contribution in [-0.4, -0.2) is 16.6 Å². The molecule has 0 N–H and O–H groups in total. The quantitative estimate of drug-likeness (QED) is 0.427. The predicted octanol–water partition coefficient (Wildman–Crippen LogP) is 3.27. The Hall–Kier alpha value is -4.00. The molecule has 1 atom stereocenters. The highest BCUT2D eigenvalue weighted by molar-refractivity contribution is 6.22. The van der Waals surface area contributed by atoms with Gasteiger partial charge in [0.05, 0.1) is 22.0 Å². The summed E-state index contributed by atoms with van der Waals surface area (Å²) in [4.78, 5) is 17.5. The van der Waals surface area contributed by atoms with Crippen LogP contribution in [0.5, 0.6) is 5.75 Å². The Morgan fingerprint density at radius 1 is 1.19 bits per heavy atom. The number of aromatic nitrogens is 1. The number of rotatable bonds is 0. The summed E-state index contributed by atoms with van der Waals surface area (Å²) in [6, 6.07) is 5.70. The van der Waals surface area contributed by atoms with E-state index < -0.39 is 4.65 Å². The Morgan fingerprint density at radius 2 is 2.13 bits per heavy atom. The van der Waals surface area contributed by atoms with Gasteiger partial charge in [0.1, 0.15) is 17.5 Å². The fourth-order valence-electron chi connectivity index (χ4n) is 5.64. The number of ether oxygens (including phenoxy) is 1. The topological polar surface area (TPSA) is 66.7 Å². The van der Waals surface area contributed by atoms with Gasteiger partial charge in [-0.2, -0.15) is 0 Å². The van der Waals surface area contributed by atoms with Crippen molar-refractivity contribution < 1.29 is 9.53 Å². The average Bonchev–Trinajstić information content (AvgIpc) is 3.40. The molecule has 0 saturated heterocycles. The van der Waals surface area contributed by atoms with Crippen LogP contribution in [0.2, 0.25) is 0 Å². The van der Waals surface area contributed by atoms with Crippen molar-refractivity contribution in [1.82, 2.24) is 9.21 Å². The van der Waals surface area contributed by atoms with E-state index in [1.165, 1.54) is 0 Å². The fraction of sp³-hybridized carbons (Fsp3) is 0.0400. The van der Waals surface area contributed by atoms with Crippen molar-refractivity contribution in [3.05, 3.63) is 81.4 Å². The van der Waals surface area contributed by atoms with Gasteiger partial charge in [-0.05, 0) is 30.4 Å². The first kappa shape index (κ1) is 15.8. The highest BCUT2D eigenvalue weighted by atomic mass is 16.6. The summed E-state index contributed by atoms with van der Waals surface area (Å²) in [7, 11) is 0. The highest BCUT2D eigenvalue weighted by Gasteiger charge is 2.45. The summed E-state index contributed by atoms with van der Waals surface area (Å²) >= 11 is 0. The van der Waals surface area contributed by atoms with Gasteiger partial charge in [0, 0.05) is 41.2 Å². The molecule has 1 unspecified atom stereocenters. The maximum atomic E-state index is 14.7. The predicted molar refractivity (Wildman–Crippen MR) is 119 cm³/mol. The maximum absolute atomic E-state index is 14.7. The molecule has 31 heavy (non-hydrogen) atoms. The first-order valence-electron chi connectivity index (χ1n) is 10.2. The van der Waals surface area contributed by atoms with Crippen molar-refractivity contribution in [3.63, 3.8) is 0 Å². The zero-order valence-corrected chi connectivity index (χ0v) is 16.1. The Morgan fingerprint density at radius 3 is 3.06 bits per heavy atom. The molecule has 1 aromatic heterocycles. The largest absolute Gasteiger partial charge is 0.617 e. The first-order chi connectivity index (χ1) is 15.1. The van der Waals surface area contributed by atoms with E-state index in [0.717, 1.165) is 38.2 Å². The summed E-state index contributed by atoms with van der Waals surface area (Å²) < 4.78 is 7.34. The summed E-state index contributed by atoms with van der Waals surface area (Å²) in [5.74, 6) is 1.12. The summed E-state index contributed by atoms with van der Waals surface area (Å²) in [6.45, 7) is 0.521. The van der Waals surface area contributed by atoms with Crippen LogP contribution >= 0.6 is 0 Å². The third kappa shape index (κ3) is 1.62. The molecule has 3 aromatic rings. The van der Waals surface area contributed by atoms with Crippen molar-refractivity contribution in [2.45, 2.75) is 6.54 Å². The smallest absolute Gasteiger partial charge is 0.188 e. The molecule has 1 aliphatic carbocycles. The number of quaternary nitrogens is 1. The lowest BCUT2D eigenvalue weighted by atomic mass is 9.94. The van der Waals surface area contributed by atoms with E-state index in [-0.39, 0.29) is 5.78 Å². The van der Waals surface area contributed by atoms with Crippen LogP contribution in [0.4, 0.5) is 11.4 Å². The van der Waals surface area contributed by atoms with E-state index in [1.54, 1.807) is 18.4 Å². The lowest BCUT2D eigenvalue weighted by Crippen LogP contribution is -2.30. The molecule has 146 valence electrons. The zero-order chi connectivity index (χ0) is 20.5. The molecule has 6 heteroatoms. The lowest BCUT2D eigenvalue weighted by Gasteiger charge is -2.34. The van der Waals surface area contributed by atoms with Crippen molar-refractivity contribution in [2.24, 2.45) is 4.99 Å². The van der Waals surface area contributed by atoms with E-state index in [4.69, 9.17) is 4.74 Å². The van der Waals surface area contributed by atoms with Crippen LogP contribution in [0.3, 0.4) is 0 Å². The molecule has 0 fully saturated rings. The van der Waals surface area contributed by atoms with Gasteiger partial charge in [-0.1, -0.05) is 12.2 Å². The molecule has 4 bridgehead atoms. The van der Waals surface area contributed by atoms with Gasteiger partial charge in [-0.3, -0.25) is 14.4 Å². The molecule has 6 nitrogen and oxygen atoms in total. The van der Waals surface area contributed by atoms with Crippen LogP contribution in [0.1, 0.15) is 15.9 Å². The van der Waals surface area contributed by atoms with Gasteiger partial charge in [0.25, 0.3) is 0 Å². The second-order valence-electron chi connectivity index (χ2n) is 8.32. The van der Waals surface area contributed by atoms with E-state index in [0.29, 0.717) is 35.0 Å². The number of hydrogen-bond donors (Lipinski definition) is 0. The molecular formula is C25H13N3O3. The highest BCUT2D eigenvalue weighted by Crippen LogP contribution is 2.58. The van der Waals surface area contributed by atoms with E-state index in [2.05, 4.69) is 9.56 Å². The number of carbonyl (C=O) groups excluding carboxylic acids is 1. The number of allylic oxidation sites excluding steroid dienone is 4. The van der Waals surface area contributed by atoms with Gasteiger partial charge < -0.3 is 14.5 Å². The Balaban J connectivity index is 1.74. The molecular weight excluding hydrogens is 390 g/mol. The van der Waals surface area contributed by atoms with Gasteiger partial charge in [0.15, 0.2) is 22.9 Å². The van der Waals surface area contributed by atoms with Gasteiger partial charge in [-0.25, -0.2) is 0 Å². The minimum Gasteiger partial charge on any atom is -0.617 e. The third-order valence-electron chi connectivity index (χ3n) is 6.79. The normalized spacial score (nSPS) is 23.4. The second kappa shape index (κ2) is 4.83. The van der Waals surface area contributed by atoms with Crippen LogP contribution < -0.4 is 20.0 Å². The third-order valence-corrected chi connectivity index (χ3v) is 6.79. The van der Waals surface area contributed by atoms with Crippen molar-refractivity contribution in [1.29, 1.82) is 0 Å². The summed E-state index contributed by atoms with van der Waals surface area (Å²) in [6.07, 6.45) is 14.4.